The molecule has 0 bridgehead atoms. The molecule has 4 nitrogen and oxygen atoms in total. The molecule has 0 spiro atoms. The van der Waals surface area contributed by atoms with Gasteiger partial charge in [0.1, 0.15) is 5.56 Å². The van der Waals surface area contributed by atoms with Crippen LogP contribution in [0.5, 0.6) is 11.5 Å². The van der Waals surface area contributed by atoms with Crippen LogP contribution in [0, 0.1) is 0 Å². The molecular formula is C12H16O4. The minimum Gasteiger partial charge on any atom is -0.504 e. The molecule has 0 radical (unpaired) electrons. The van der Waals surface area contributed by atoms with Crippen LogP contribution < -0.4 is 4.74 Å². The quantitative estimate of drug-likeness (QED) is 0.824. The minimum atomic E-state index is -1.16. The summed E-state index contributed by atoms with van der Waals surface area (Å²) in [6.07, 6.45) is 0.565. The predicted octanol–water partition coefficient (Wildman–Crippen LogP) is 2.44. The molecule has 2 N–H and O–H groups in total. The summed E-state index contributed by atoms with van der Waals surface area (Å²) in [4.78, 5) is 10.8. The molecule has 0 aromatic heterocycles. The highest BCUT2D eigenvalue weighted by Gasteiger charge is 2.18. The Kier molecular flexibility index (Phi) is 3.77. The number of carboxylic acid groups (broad SMARTS) is 1. The lowest BCUT2D eigenvalue weighted by Gasteiger charge is -2.16. The highest BCUT2D eigenvalue weighted by atomic mass is 16.5. The molecule has 0 saturated heterocycles. The molecule has 0 atom stereocenters. The highest BCUT2D eigenvalue weighted by molar-refractivity contribution is 5.92. The van der Waals surface area contributed by atoms with Crippen molar-refractivity contribution in [3.05, 3.63) is 23.3 Å². The largest absolute Gasteiger partial charge is 0.504 e. The fourth-order valence-corrected chi connectivity index (χ4v) is 1.43. The maximum absolute atomic E-state index is 10.8. The summed E-state index contributed by atoms with van der Waals surface area (Å²) in [5, 5.41) is 18.7. The van der Waals surface area contributed by atoms with E-state index in [9.17, 15) is 9.90 Å². The Labute approximate surface area is 94.5 Å². The third-order valence-corrected chi connectivity index (χ3v) is 2.18. The first kappa shape index (κ1) is 12.4. The van der Waals surface area contributed by atoms with Crippen LogP contribution in [0.15, 0.2) is 12.1 Å². The smallest absolute Gasteiger partial charge is 0.339 e. The van der Waals surface area contributed by atoms with Crippen LogP contribution in [0.25, 0.3) is 0 Å². The van der Waals surface area contributed by atoms with Crippen molar-refractivity contribution in [3.8, 4) is 11.5 Å². The topological polar surface area (TPSA) is 66.8 Å². The van der Waals surface area contributed by atoms with Crippen LogP contribution >= 0.6 is 0 Å². The third-order valence-electron chi connectivity index (χ3n) is 2.18. The molecule has 16 heavy (non-hydrogen) atoms. The lowest BCUT2D eigenvalue weighted by molar-refractivity contribution is 0.0692. The van der Waals surface area contributed by atoms with Crippen LogP contribution in [-0.4, -0.2) is 22.3 Å². The molecule has 0 aliphatic heterocycles. The first-order chi connectivity index (χ1) is 7.47. The summed E-state index contributed by atoms with van der Waals surface area (Å²) in [5.41, 5.74) is 0.670. The fourth-order valence-electron chi connectivity index (χ4n) is 1.43. The van der Waals surface area contributed by atoms with Gasteiger partial charge >= 0.3 is 5.97 Å². The summed E-state index contributed by atoms with van der Waals surface area (Å²) in [5.74, 6) is -1.17. The molecule has 1 aromatic carbocycles. The molecule has 4 heteroatoms. The number of ether oxygens (including phenoxy) is 1. The van der Waals surface area contributed by atoms with Gasteiger partial charge in [0.15, 0.2) is 11.5 Å². The van der Waals surface area contributed by atoms with Crippen molar-refractivity contribution in [2.75, 3.05) is 0 Å². The monoisotopic (exact) mass is 224 g/mol. The minimum absolute atomic E-state index is 0.111. The third kappa shape index (κ3) is 2.45. The Morgan fingerprint density at radius 2 is 2.06 bits per heavy atom. The molecule has 0 saturated carbocycles. The second-order valence-corrected chi connectivity index (χ2v) is 3.78. The Hall–Kier alpha value is -1.71. The molecule has 0 fully saturated rings. The number of rotatable bonds is 4. The summed E-state index contributed by atoms with van der Waals surface area (Å²) in [6.45, 7) is 5.57. The van der Waals surface area contributed by atoms with Crippen LogP contribution in [-0.2, 0) is 6.42 Å². The van der Waals surface area contributed by atoms with Gasteiger partial charge in [-0.2, -0.15) is 0 Å². The Bertz CT molecular complexity index is 396. The number of aromatic hydroxyl groups is 1. The first-order valence-electron chi connectivity index (χ1n) is 5.22. The van der Waals surface area contributed by atoms with Gasteiger partial charge < -0.3 is 14.9 Å². The van der Waals surface area contributed by atoms with E-state index in [-0.39, 0.29) is 23.2 Å². The van der Waals surface area contributed by atoms with Crippen LogP contribution in [0.3, 0.4) is 0 Å². The van der Waals surface area contributed by atoms with Crippen LogP contribution in [0.1, 0.15) is 36.7 Å². The summed E-state index contributed by atoms with van der Waals surface area (Å²) < 4.78 is 5.44. The van der Waals surface area contributed by atoms with Gasteiger partial charge in [-0.25, -0.2) is 4.79 Å². The van der Waals surface area contributed by atoms with Gasteiger partial charge in [0, 0.05) is 0 Å². The molecule has 0 aliphatic carbocycles. The SMILES string of the molecule is CCc1ccc(C(=O)O)c(O)c1OC(C)C. The zero-order valence-electron chi connectivity index (χ0n) is 9.65. The van der Waals surface area contributed by atoms with Crippen molar-refractivity contribution < 1.29 is 19.7 Å². The lowest BCUT2D eigenvalue weighted by atomic mass is 10.1. The van der Waals surface area contributed by atoms with E-state index in [0.717, 1.165) is 5.56 Å². The van der Waals surface area contributed by atoms with E-state index in [1.807, 2.05) is 20.8 Å². The van der Waals surface area contributed by atoms with Gasteiger partial charge in [-0.1, -0.05) is 13.0 Å². The Balaban J connectivity index is 3.28. The van der Waals surface area contributed by atoms with Crippen molar-refractivity contribution in [3.63, 3.8) is 0 Å². The summed E-state index contributed by atoms with van der Waals surface area (Å²) in [7, 11) is 0. The van der Waals surface area contributed by atoms with Crippen molar-refractivity contribution in [1.29, 1.82) is 0 Å². The van der Waals surface area contributed by atoms with E-state index in [2.05, 4.69) is 0 Å². The number of hydrogen-bond acceptors (Lipinski definition) is 3. The van der Waals surface area contributed by atoms with Crippen molar-refractivity contribution in [1.82, 2.24) is 0 Å². The number of aryl methyl sites for hydroxylation is 1. The van der Waals surface area contributed by atoms with E-state index in [1.54, 1.807) is 6.07 Å². The molecule has 0 amide bonds. The average molecular weight is 224 g/mol. The molecule has 88 valence electrons. The molecule has 0 aliphatic rings. The highest BCUT2D eigenvalue weighted by Crippen LogP contribution is 2.35. The maximum Gasteiger partial charge on any atom is 0.339 e. The number of phenols is 1. The van der Waals surface area contributed by atoms with Crippen molar-refractivity contribution in [2.45, 2.75) is 33.3 Å². The fraction of sp³-hybridized carbons (Fsp3) is 0.417. The summed E-state index contributed by atoms with van der Waals surface area (Å²) in [6, 6.07) is 3.06. The van der Waals surface area contributed by atoms with Crippen molar-refractivity contribution in [2.24, 2.45) is 0 Å². The van der Waals surface area contributed by atoms with Gasteiger partial charge in [0.05, 0.1) is 6.10 Å². The van der Waals surface area contributed by atoms with Crippen LogP contribution in [0.2, 0.25) is 0 Å². The second-order valence-electron chi connectivity index (χ2n) is 3.78. The Morgan fingerprint density at radius 1 is 1.44 bits per heavy atom. The molecule has 0 heterocycles. The zero-order valence-corrected chi connectivity index (χ0v) is 9.65. The number of carbonyl (C=O) groups is 1. The van der Waals surface area contributed by atoms with E-state index in [0.29, 0.717) is 6.42 Å². The number of carboxylic acids is 1. The molecule has 0 unspecified atom stereocenters. The second kappa shape index (κ2) is 4.88. The number of aromatic carboxylic acids is 1. The molecule has 1 aromatic rings. The number of benzene rings is 1. The zero-order chi connectivity index (χ0) is 12.3. The molecule has 1 rings (SSSR count). The van der Waals surface area contributed by atoms with E-state index < -0.39 is 5.97 Å². The summed E-state index contributed by atoms with van der Waals surface area (Å²) >= 11 is 0. The van der Waals surface area contributed by atoms with Crippen LogP contribution in [0.4, 0.5) is 0 Å². The number of hydrogen-bond donors (Lipinski definition) is 2. The predicted molar refractivity (Wildman–Crippen MR) is 60.2 cm³/mol. The van der Waals surface area contributed by atoms with Gasteiger partial charge in [0.25, 0.3) is 0 Å². The lowest BCUT2D eigenvalue weighted by Crippen LogP contribution is -2.09. The molecular weight excluding hydrogens is 208 g/mol. The van der Waals surface area contributed by atoms with Gasteiger partial charge in [0.2, 0.25) is 0 Å². The normalized spacial score (nSPS) is 10.5. The van der Waals surface area contributed by atoms with Gasteiger partial charge in [-0.15, -0.1) is 0 Å². The standard InChI is InChI=1S/C12H16O4/c1-4-8-5-6-9(12(14)15)10(13)11(8)16-7(2)3/h5-7,13H,4H2,1-3H3,(H,14,15). The Morgan fingerprint density at radius 3 is 2.50 bits per heavy atom. The van der Waals surface area contributed by atoms with Gasteiger partial charge in [-0.3, -0.25) is 0 Å². The van der Waals surface area contributed by atoms with E-state index in [1.165, 1.54) is 6.07 Å². The average Bonchev–Trinajstić information content (AvgIpc) is 2.19. The maximum atomic E-state index is 10.8. The van der Waals surface area contributed by atoms with Gasteiger partial charge in [-0.05, 0) is 31.9 Å². The first-order valence-corrected chi connectivity index (χ1v) is 5.22. The van der Waals surface area contributed by atoms with E-state index >= 15 is 0 Å². The van der Waals surface area contributed by atoms with Crippen molar-refractivity contribution >= 4 is 5.97 Å². The van der Waals surface area contributed by atoms with E-state index in [4.69, 9.17) is 9.84 Å².